The SMILES string of the molecule is CCCCOC[C@H]1C[C@@H]2SC(N3CCC3)=N[C@@H]2[C@@H](OCCCC)[C@@H]1OCCCC. The Morgan fingerprint density at radius 3 is 2.21 bits per heavy atom. The van der Waals surface area contributed by atoms with E-state index < -0.39 is 0 Å². The second kappa shape index (κ2) is 12.5. The fraction of sp³-hybridized carbons (Fsp3) is 0.957. The lowest BCUT2D eigenvalue weighted by atomic mass is 9.81. The van der Waals surface area contributed by atoms with Crippen molar-refractivity contribution in [2.24, 2.45) is 10.9 Å². The van der Waals surface area contributed by atoms with Crippen LogP contribution in [0, 0.1) is 5.92 Å². The molecule has 3 rings (SSSR count). The van der Waals surface area contributed by atoms with Crippen LogP contribution in [0.2, 0.25) is 0 Å². The molecule has 1 aliphatic carbocycles. The van der Waals surface area contributed by atoms with Crippen LogP contribution < -0.4 is 0 Å². The fourth-order valence-corrected chi connectivity index (χ4v) is 5.76. The lowest BCUT2D eigenvalue weighted by molar-refractivity contribution is -0.135. The summed E-state index contributed by atoms with van der Waals surface area (Å²) in [6, 6.07) is 0.228. The van der Waals surface area contributed by atoms with Gasteiger partial charge in [0, 0.05) is 44.1 Å². The van der Waals surface area contributed by atoms with E-state index in [-0.39, 0.29) is 18.2 Å². The summed E-state index contributed by atoms with van der Waals surface area (Å²) in [6.07, 6.45) is 9.40. The molecule has 6 heteroatoms. The Bertz CT molecular complexity index is 501. The first kappa shape index (κ1) is 23.4. The van der Waals surface area contributed by atoms with E-state index in [1.807, 2.05) is 11.8 Å². The molecule has 0 N–H and O–H groups in total. The molecular formula is C23H42N2O3S. The van der Waals surface area contributed by atoms with E-state index in [1.54, 1.807) is 0 Å². The first-order chi connectivity index (χ1) is 14.3. The van der Waals surface area contributed by atoms with E-state index in [1.165, 1.54) is 18.0 Å². The Morgan fingerprint density at radius 1 is 0.931 bits per heavy atom. The van der Waals surface area contributed by atoms with Crippen LogP contribution in [-0.4, -0.2) is 73.1 Å². The zero-order chi connectivity index (χ0) is 20.5. The van der Waals surface area contributed by atoms with Gasteiger partial charge in [-0.05, 0) is 32.1 Å². The molecule has 0 radical (unpaired) electrons. The summed E-state index contributed by atoms with van der Waals surface area (Å²) < 4.78 is 19.1. The molecule has 0 bridgehead atoms. The molecule has 1 saturated heterocycles. The summed E-state index contributed by atoms with van der Waals surface area (Å²) in [7, 11) is 0. The third kappa shape index (κ3) is 6.34. The monoisotopic (exact) mass is 426 g/mol. The Morgan fingerprint density at radius 2 is 1.59 bits per heavy atom. The second-order valence-corrected chi connectivity index (χ2v) is 9.91. The van der Waals surface area contributed by atoms with E-state index in [0.717, 1.165) is 78.0 Å². The second-order valence-electron chi connectivity index (χ2n) is 8.70. The predicted molar refractivity (Wildman–Crippen MR) is 122 cm³/mol. The van der Waals surface area contributed by atoms with Gasteiger partial charge in [-0.25, -0.2) is 0 Å². The molecule has 0 amide bonds. The van der Waals surface area contributed by atoms with Crippen molar-refractivity contribution in [2.75, 3.05) is 39.5 Å². The first-order valence-corrected chi connectivity index (χ1v) is 13.0. The van der Waals surface area contributed by atoms with Gasteiger partial charge in [0.05, 0.1) is 18.8 Å². The average Bonchev–Trinajstić information content (AvgIpc) is 3.08. The molecule has 0 unspecified atom stereocenters. The van der Waals surface area contributed by atoms with Gasteiger partial charge in [-0.15, -0.1) is 0 Å². The number of hydrogen-bond donors (Lipinski definition) is 0. The van der Waals surface area contributed by atoms with Crippen molar-refractivity contribution in [1.82, 2.24) is 4.90 Å². The molecule has 2 fully saturated rings. The fourth-order valence-electron chi connectivity index (χ4n) is 4.27. The summed E-state index contributed by atoms with van der Waals surface area (Å²) in [6.45, 7) is 12.2. The molecule has 0 aromatic rings. The van der Waals surface area contributed by atoms with E-state index >= 15 is 0 Å². The third-order valence-corrected chi connectivity index (χ3v) is 7.62. The molecule has 1 saturated carbocycles. The number of likely N-dealkylation sites (tertiary alicyclic amines) is 1. The highest BCUT2D eigenvalue weighted by Crippen LogP contribution is 2.43. The number of ether oxygens (including phenoxy) is 3. The largest absolute Gasteiger partial charge is 0.381 e. The minimum absolute atomic E-state index is 0.0585. The molecule has 5 nitrogen and oxygen atoms in total. The van der Waals surface area contributed by atoms with Gasteiger partial charge in [0.1, 0.15) is 6.10 Å². The van der Waals surface area contributed by atoms with E-state index in [0.29, 0.717) is 11.2 Å². The Kier molecular flexibility index (Phi) is 10.1. The zero-order valence-corrected chi connectivity index (χ0v) is 19.6. The maximum Gasteiger partial charge on any atom is 0.159 e. The van der Waals surface area contributed by atoms with Crippen molar-refractivity contribution < 1.29 is 14.2 Å². The van der Waals surface area contributed by atoms with Crippen LogP contribution in [0.15, 0.2) is 4.99 Å². The van der Waals surface area contributed by atoms with Crippen LogP contribution in [0.3, 0.4) is 0 Å². The highest BCUT2D eigenvalue weighted by Gasteiger charge is 2.50. The normalized spacial score (nSPS) is 31.5. The van der Waals surface area contributed by atoms with Gasteiger partial charge in [0.2, 0.25) is 0 Å². The standard InChI is InChI=1S/C23H42N2O3S/c1-4-7-13-26-17-18-16-19-20(24-23(29-19)25-11-10-12-25)22(28-15-9-6-3)21(18)27-14-8-5-2/h18-22H,4-17H2,1-3H3/t18-,19+,20+,21-,22-/m1/s1. The van der Waals surface area contributed by atoms with Crippen LogP contribution in [0.5, 0.6) is 0 Å². The Labute approximate surface area is 182 Å². The van der Waals surface area contributed by atoms with Gasteiger partial charge in [0.25, 0.3) is 0 Å². The predicted octanol–water partition coefficient (Wildman–Crippen LogP) is 4.74. The molecule has 2 aliphatic heterocycles. The molecule has 0 spiro atoms. The molecular weight excluding hydrogens is 384 g/mol. The topological polar surface area (TPSA) is 43.3 Å². The molecule has 5 atom stereocenters. The minimum Gasteiger partial charge on any atom is -0.381 e. The van der Waals surface area contributed by atoms with Crippen molar-refractivity contribution in [1.29, 1.82) is 0 Å². The Hall–Kier alpha value is -0.300. The van der Waals surface area contributed by atoms with Gasteiger partial charge in [-0.2, -0.15) is 0 Å². The zero-order valence-electron chi connectivity index (χ0n) is 18.8. The Balaban J connectivity index is 1.71. The lowest BCUT2D eigenvalue weighted by Gasteiger charge is -2.42. The van der Waals surface area contributed by atoms with Gasteiger partial charge < -0.3 is 19.1 Å². The third-order valence-electron chi connectivity index (χ3n) is 6.27. The van der Waals surface area contributed by atoms with Crippen molar-refractivity contribution >= 4 is 16.9 Å². The highest BCUT2D eigenvalue weighted by molar-refractivity contribution is 8.14. The molecule has 168 valence electrons. The average molecular weight is 427 g/mol. The first-order valence-electron chi connectivity index (χ1n) is 12.1. The molecule has 29 heavy (non-hydrogen) atoms. The number of amidine groups is 1. The summed E-state index contributed by atoms with van der Waals surface area (Å²) >= 11 is 1.98. The molecule has 0 aromatic carbocycles. The van der Waals surface area contributed by atoms with Crippen LogP contribution in [-0.2, 0) is 14.2 Å². The van der Waals surface area contributed by atoms with Crippen LogP contribution >= 0.6 is 11.8 Å². The van der Waals surface area contributed by atoms with Gasteiger partial charge in [0.15, 0.2) is 5.17 Å². The lowest BCUT2D eigenvalue weighted by Crippen LogP contribution is -2.54. The van der Waals surface area contributed by atoms with Gasteiger partial charge in [-0.1, -0.05) is 51.8 Å². The maximum absolute atomic E-state index is 6.50. The van der Waals surface area contributed by atoms with Crippen molar-refractivity contribution in [3.8, 4) is 0 Å². The number of nitrogens with zero attached hydrogens (tertiary/aromatic N) is 2. The van der Waals surface area contributed by atoms with Gasteiger partial charge >= 0.3 is 0 Å². The number of fused-ring (bicyclic) bond motifs is 1. The van der Waals surface area contributed by atoms with Crippen molar-refractivity contribution in [3.63, 3.8) is 0 Å². The molecule has 0 aromatic heterocycles. The molecule has 2 heterocycles. The van der Waals surface area contributed by atoms with E-state index in [2.05, 4.69) is 25.7 Å². The summed E-state index contributed by atoms with van der Waals surface area (Å²) in [5, 5.41) is 1.75. The highest BCUT2D eigenvalue weighted by atomic mass is 32.2. The van der Waals surface area contributed by atoms with Crippen LogP contribution in [0.4, 0.5) is 0 Å². The summed E-state index contributed by atoms with van der Waals surface area (Å²) in [5.41, 5.74) is 0. The number of hydrogen-bond acceptors (Lipinski definition) is 6. The van der Waals surface area contributed by atoms with Crippen molar-refractivity contribution in [3.05, 3.63) is 0 Å². The number of thioether (sulfide) groups is 1. The summed E-state index contributed by atoms with van der Waals surface area (Å²) in [5.74, 6) is 0.398. The van der Waals surface area contributed by atoms with Gasteiger partial charge in [-0.3, -0.25) is 4.99 Å². The minimum atomic E-state index is 0.0585. The van der Waals surface area contributed by atoms with Crippen molar-refractivity contribution in [2.45, 2.75) is 95.6 Å². The number of unbranched alkanes of at least 4 members (excludes halogenated alkanes) is 3. The summed E-state index contributed by atoms with van der Waals surface area (Å²) in [4.78, 5) is 7.61. The maximum atomic E-state index is 6.50. The number of rotatable bonds is 13. The smallest absolute Gasteiger partial charge is 0.159 e. The van der Waals surface area contributed by atoms with Crippen LogP contribution in [0.25, 0.3) is 0 Å². The number of aliphatic imine (C=N–C) groups is 1. The quantitative estimate of drug-likeness (QED) is 0.398. The molecule has 3 aliphatic rings. The van der Waals surface area contributed by atoms with Crippen LogP contribution in [0.1, 0.15) is 72.1 Å². The van der Waals surface area contributed by atoms with E-state index in [9.17, 15) is 0 Å². The van der Waals surface area contributed by atoms with E-state index in [4.69, 9.17) is 19.2 Å².